The third-order valence-corrected chi connectivity index (χ3v) is 3.12. The van der Waals surface area contributed by atoms with E-state index in [9.17, 15) is 17.6 Å². The molecule has 0 atom stereocenters. The standard InChI is InChI=1S/C16H9F4N/c17-10-3-1-9(2-4-10)14-5-6-15(21-14)16-12(19)7-11(18)8-13(16)20/h1-8,21H. The van der Waals surface area contributed by atoms with Crippen LogP contribution in [-0.2, 0) is 0 Å². The minimum absolute atomic E-state index is 0.185. The van der Waals surface area contributed by atoms with Gasteiger partial charge in [-0.2, -0.15) is 0 Å². The van der Waals surface area contributed by atoms with E-state index in [1.165, 1.54) is 18.2 Å². The molecule has 0 unspecified atom stereocenters. The van der Waals surface area contributed by atoms with Crippen molar-refractivity contribution >= 4 is 0 Å². The molecule has 1 N–H and O–H groups in total. The first-order valence-electron chi connectivity index (χ1n) is 6.14. The van der Waals surface area contributed by atoms with Crippen LogP contribution in [0.15, 0.2) is 48.5 Å². The normalized spacial score (nSPS) is 10.9. The fourth-order valence-electron chi connectivity index (χ4n) is 2.14. The van der Waals surface area contributed by atoms with E-state index in [-0.39, 0.29) is 17.1 Å². The minimum Gasteiger partial charge on any atom is -0.354 e. The molecule has 0 saturated heterocycles. The Kier molecular flexibility index (Phi) is 3.25. The smallest absolute Gasteiger partial charge is 0.138 e. The van der Waals surface area contributed by atoms with Gasteiger partial charge in [-0.3, -0.25) is 0 Å². The van der Waals surface area contributed by atoms with Crippen LogP contribution in [0.2, 0.25) is 0 Å². The van der Waals surface area contributed by atoms with Gasteiger partial charge in [-0.1, -0.05) is 0 Å². The van der Waals surface area contributed by atoms with Gasteiger partial charge in [-0.15, -0.1) is 0 Å². The maximum Gasteiger partial charge on any atom is 0.138 e. The Morgan fingerprint density at radius 1 is 0.619 bits per heavy atom. The summed E-state index contributed by atoms with van der Waals surface area (Å²) >= 11 is 0. The maximum absolute atomic E-state index is 13.7. The summed E-state index contributed by atoms with van der Waals surface area (Å²) in [6.45, 7) is 0. The van der Waals surface area contributed by atoms with E-state index in [0.717, 1.165) is 0 Å². The van der Waals surface area contributed by atoms with E-state index < -0.39 is 17.5 Å². The van der Waals surface area contributed by atoms with Crippen LogP contribution in [0.1, 0.15) is 0 Å². The van der Waals surface area contributed by atoms with Gasteiger partial charge in [-0.05, 0) is 42.0 Å². The van der Waals surface area contributed by atoms with Crippen molar-refractivity contribution in [2.75, 3.05) is 0 Å². The lowest BCUT2D eigenvalue weighted by Crippen LogP contribution is -1.92. The number of hydrogen-bond acceptors (Lipinski definition) is 0. The molecule has 21 heavy (non-hydrogen) atoms. The second-order valence-corrected chi connectivity index (χ2v) is 4.54. The van der Waals surface area contributed by atoms with Crippen LogP contribution in [0.5, 0.6) is 0 Å². The monoisotopic (exact) mass is 291 g/mol. The lowest BCUT2D eigenvalue weighted by atomic mass is 10.1. The molecule has 2 aromatic carbocycles. The van der Waals surface area contributed by atoms with Crippen molar-refractivity contribution in [1.29, 1.82) is 0 Å². The van der Waals surface area contributed by atoms with Crippen molar-refractivity contribution in [3.05, 3.63) is 71.8 Å². The van der Waals surface area contributed by atoms with Crippen LogP contribution in [-0.4, -0.2) is 4.98 Å². The quantitative estimate of drug-likeness (QED) is 0.646. The SMILES string of the molecule is Fc1ccc(-c2ccc(-c3c(F)cc(F)cc3F)[nH]2)cc1. The van der Waals surface area contributed by atoms with Crippen LogP contribution < -0.4 is 0 Å². The predicted octanol–water partition coefficient (Wildman–Crippen LogP) is 4.91. The zero-order valence-corrected chi connectivity index (χ0v) is 10.6. The Morgan fingerprint density at radius 3 is 1.81 bits per heavy atom. The highest BCUT2D eigenvalue weighted by Crippen LogP contribution is 2.29. The summed E-state index contributed by atoms with van der Waals surface area (Å²) in [5.74, 6) is -3.32. The Bertz CT molecular complexity index is 767. The van der Waals surface area contributed by atoms with Crippen LogP contribution in [0, 0.1) is 23.3 Å². The van der Waals surface area contributed by atoms with Crippen molar-refractivity contribution in [1.82, 2.24) is 4.98 Å². The fraction of sp³-hybridized carbons (Fsp3) is 0. The van der Waals surface area contributed by atoms with Gasteiger partial charge >= 0.3 is 0 Å². The molecule has 1 nitrogen and oxygen atoms in total. The second-order valence-electron chi connectivity index (χ2n) is 4.54. The second kappa shape index (κ2) is 5.09. The summed E-state index contributed by atoms with van der Waals surface area (Å²) in [6, 6.07) is 10.0. The van der Waals surface area contributed by atoms with Gasteiger partial charge in [-0.25, -0.2) is 17.6 Å². The van der Waals surface area contributed by atoms with Gasteiger partial charge in [0.2, 0.25) is 0 Å². The summed E-state index contributed by atoms with van der Waals surface area (Å²) in [6.07, 6.45) is 0. The molecule has 5 heteroatoms. The third kappa shape index (κ3) is 2.54. The molecule has 0 amide bonds. The van der Waals surface area contributed by atoms with E-state index in [1.54, 1.807) is 18.2 Å². The van der Waals surface area contributed by atoms with E-state index in [4.69, 9.17) is 0 Å². The van der Waals surface area contributed by atoms with Gasteiger partial charge in [0.25, 0.3) is 0 Å². The predicted molar refractivity (Wildman–Crippen MR) is 71.5 cm³/mol. The van der Waals surface area contributed by atoms with Crippen LogP contribution >= 0.6 is 0 Å². The molecule has 3 aromatic rings. The number of aromatic nitrogens is 1. The molecule has 1 heterocycles. The van der Waals surface area contributed by atoms with Gasteiger partial charge in [0, 0.05) is 17.8 Å². The minimum atomic E-state index is -0.986. The van der Waals surface area contributed by atoms with Crippen molar-refractivity contribution < 1.29 is 17.6 Å². The Morgan fingerprint density at radius 2 is 1.19 bits per heavy atom. The molecule has 106 valence electrons. The highest BCUT2D eigenvalue weighted by atomic mass is 19.1. The molecule has 0 aliphatic carbocycles. The fourth-order valence-corrected chi connectivity index (χ4v) is 2.14. The zero-order valence-electron chi connectivity index (χ0n) is 10.6. The highest BCUT2D eigenvalue weighted by Gasteiger charge is 2.15. The zero-order chi connectivity index (χ0) is 15.0. The van der Waals surface area contributed by atoms with Gasteiger partial charge in [0.05, 0.1) is 11.3 Å². The molecule has 1 aromatic heterocycles. The van der Waals surface area contributed by atoms with E-state index in [1.807, 2.05) is 0 Å². The molecule has 0 aliphatic rings. The van der Waals surface area contributed by atoms with Crippen LogP contribution in [0.4, 0.5) is 17.6 Å². The first-order chi connectivity index (χ1) is 10.0. The van der Waals surface area contributed by atoms with Gasteiger partial charge in [0.15, 0.2) is 0 Å². The van der Waals surface area contributed by atoms with Crippen molar-refractivity contribution in [2.45, 2.75) is 0 Å². The summed E-state index contributed by atoms with van der Waals surface area (Å²) in [5.41, 5.74) is 1.10. The number of benzene rings is 2. The molecule has 0 saturated carbocycles. The molecule has 3 rings (SSSR count). The average Bonchev–Trinajstić information content (AvgIpc) is 2.87. The molecule has 0 fully saturated rings. The Labute approximate surface area is 117 Å². The number of rotatable bonds is 2. The molecule has 0 aliphatic heterocycles. The first kappa shape index (κ1) is 13.4. The third-order valence-electron chi connectivity index (χ3n) is 3.12. The van der Waals surface area contributed by atoms with Crippen molar-refractivity contribution in [3.63, 3.8) is 0 Å². The van der Waals surface area contributed by atoms with Crippen LogP contribution in [0.25, 0.3) is 22.5 Å². The first-order valence-corrected chi connectivity index (χ1v) is 6.14. The number of H-pyrrole nitrogens is 1. The molecule has 0 bridgehead atoms. The molecule has 0 radical (unpaired) electrons. The van der Waals surface area contributed by atoms with E-state index >= 15 is 0 Å². The van der Waals surface area contributed by atoms with Crippen molar-refractivity contribution in [3.8, 4) is 22.5 Å². The summed E-state index contributed by atoms with van der Waals surface area (Å²) in [4.78, 5) is 2.84. The number of aromatic amines is 1. The number of halogens is 4. The van der Waals surface area contributed by atoms with Crippen molar-refractivity contribution in [2.24, 2.45) is 0 Å². The Hall–Kier alpha value is -2.56. The summed E-state index contributed by atoms with van der Waals surface area (Å²) in [5, 5.41) is 0. The average molecular weight is 291 g/mol. The number of nitrogens with one attached hydrogen (secondary N) is 1. The largest absolute Gasteiger partial charge is 0.354 e. The number of hydrogen-bond donors (Lipinski definition) is 1. The summed E-state index contributed by atoms with van der Waals surface area (Å²) in [7, 11) is 0. The molecular weight excluding hydrogens is 282 g/mol. The molecule has 0 spiro atoms. The highest BCUT2D eigenvalue weighted by molar-refractivity contribution is 5.68. The topological polar surface area (TPSA) is 15.8 Å². The van der Waals surface area contributed by atoms with E-state index in [0.29, 0.717) is 23.4 Å². The summed E-state index contributed by atoms with van der Waals surface area (Å²) < 4.78 is 53.2. The van der Waals surface area contributed by atoms with E-state index in [2.05, 4.69) is 4.98 Å². The van der Waals surface area contributed by atoms with Gasteiger partial charge in [0.1, 0.15) is 23.3 Å². The lowest BCUT2D eigenvalue weighted by Gasteiger charge is -2.03. The van der Waals surface area contributed by atoms with Gasteiger partial charge < -0.3 is 4.98 Å². The lowest BCUT2D eigenvalue weighted by molar-refractivity contribution is 0.547. The Balaban J connectivity index is 2.05. The van der Waals surface area contributed by atoms with Crippen LogP contribution in [0.3, 0.4) is 0 Å². The maximum atomic E-state index is 13.7. The molecular formula is C16H9F4N.